The fraction of sp³-hybridized carbons (Fsp3) is 0.500. The van der Waals surface area contributed by atoms with Crippen molar-refractivity contribution in [1.82, 2.24) is 0 Å². The highest BCUT2D eigenvalue weighted by Crippen LogP contribution is 2.27. The van der Waals surface area contributed by atoms with E-state index in [2.05, 4.69) is 0 Å². The van der Waals surface area contributed by atoms with E-state index in [0.29, 0.717) is 0 Å². The summed E-state index contributed by atoms with van der Waals surface area (Å²) in [6.07, 6.45) is 0.747. The van der Waals surface area contributed by atoms with E-state index in [1.54, 1.807) is 4.90 Å². The molecule has 0 fully saturated rings. The van der Waals surface area contributed by atoms with Crippen molar-refractivity contribution >= 4 is 17.6 Å². The molecule has 0 aliphatic heterocycles. The van der Waals surface area contributed by atoms with E-state index in [4.69, 9.17) is 5.11 Å². The smallest absolute Gasteiger partial charge is 0.305 e. The highest BCUT2D eigenvalue weighted by molar-refractivity contribution is 5.97. The molecule has 20 heavy (non-hydrogen) atoms. The number of carboxylic acid groups (broad SMARTS) is 1. The normalized spacial score (nSPS) is 11.2. The maximum Gasteiger partial charge on any atom is 0.305 e. The summed E-state index contributed by atoms with van der Waals surface area (Å²) in [5.41, 5.74) is 1.32. The van der Waals surface area contributed by atoms with Gasteiger partial charge in [0.05, 0.1) is 6.42 Å². The fourth-order valence-corrected chi connectivity index (χ4v) is 2.02. The van der Waals surface area contributed by atoms with Crippen LogP contribution in [0.4, 0.5) is 5.69 Å². The third-order valence-electron chi connectivity index (χ3n) is 3.10. The Hall–Kier alpha value is -1.84. The quantitative estimate of drug-likeness (QED) is 0.899. The SMILES string of the molecule is CCc1ccccc1N(CCC(=O)O)C(=O)C(C)(C)C. The molecule has 0 radical (unpaired) electrons. The molecule has 0 heterocycles. The molecule has 1 N–H and O–H groups in total. The summed E-state index contributed by atoms with van der Waals surface area (Å²) in [5.74, 6) is -0.953. The number of nitrogens with zero attached hydrogens (tertiary/aromatic N) is 1. The van der Waals surface area contributed by atoms with Crippen LogP contribution in [0.5, 0.6) is 0 Å². The highest BCUT2D eigenvalue weighted by Gasteiger charge is 2.29. The van der Waals surface area contributed by atoms with E-state index in [-0.39, 0.29) is 18.9 Å². The summed E-state index contributed by atoms with van der Waals surface area (Å²) in [6.45, 7) is 7.76. The van der Waals surface area contributed by atoms with Crippen LogP contribution in [0.1, 0.15) is 39.7 Å². The zero-order valence-corrected chi connectivity index (χ0v) is 12.6. The van der Waals surface area contributed by atoms with Crippen molar-refractivity contribution in [3.63, 3.8) is 0 Å². The largest absolute Gasteiger partial charge is 0.481 e. The Bertz CT molecular complexity index is 489. The predicted molar refractivity (Wildman–Crippen MR) is 79.9 cm³/mol. The van der Waals surface area contributed by atoms with E-state index < -0.39 is 11.4 Å². The standard InChI is InChI=1S/C16H23NO3/c1-5-12-8-6-7-9-13(12)17(11-10-14(18)19)15(20)16(2,3)4/h6-9H,5,10-11H2,1-4H3,(H,18,19). The summed E-state index contributed by atoms with van der Waals surface area (Å²) >= 11 is 0. The van der Waals surface area contributed by atoms with Gasteiger partial charge in [-0.2, -0.15) is 0 Å². The van der Waals surface area contributed by atoms with Crippen LogP contribution >= 0.6 is 0 Å². The van der Waals surface area contributed by atoms with Crippen molar-refractivity contribution < 1.29 is 14.7 Å². The average molecular weight is 277 g/mol. The molecule has 0 unspecified atom stereocenters. The Labute approximate surface area is 120 Å². The molecule has 0 bridgehead atoms. The van der Waals surface area contributed by atoms with Gasteiger partial charge in [-0.15, -0.1) is 0 Å². The van der Waals surface area contributed by atoms with Crippen molar-refractivity contribution in [2.75, 3.05) is 11.4 Å². The first-order valence-corrected chi connectivity index (χ1v) is 6.89. The number of carbonyl (C=O) groups excluding carboxylic acids is 1. The summed E-state index contributed by atoms with van der Waals surface area (Å²) in [6, 6.07) is 7.65. The van der Waals surface area contributed by atoms with Crippen LogP contribution in [-0.4, -0.2) is 23.5 Å². The molecule has 1 aromatic carbocycles. The number of aliphatic carboxylic acids is 1. The van der Waals surface area contributed by atoms with E-state index in [9.17, 15) is 9.59 Å². The molecule has 0 aliphatic rings. The van der Waals surface area contributed by atoms with E-state index >= 15 is 0 Å². The van der Waals surface area contributed by atoms with E-state index in [1.165, 1.54) is 0 Å². The number of amides is 1. The van der Waals surface area contributed by atoms with Crippen molar-refractivity contribution in [3.8, 4) is 0 Å². The van der Waals surface area contributed by atoms with Crippen LogP contribution in [0.2, 0.25) is 0 Å². The summed E-state index contributed by atoms with van der Waals surface area (Å²) in [5, 5.41) is 8.88. The molecule has 0 aliphatic carbocycles. The van der Waals surface area contributed by atoms with Gasteiger partial charge in [0.1, 0.15) is 0 Å². The number of hydrogen-bond acceptors (Lipinski definition) is 2. The average Bonchev–Trinajstić information content (AvgIpc) is 2.37. The van der Waals surface area contributed by atoms with Crippen LogP contribution in [0, 0.1) is 5.41 Å². The Balaban J connectivity index is 3.16. The first-order valence-electron chi connectivity index (χ1n) is 6.89. The minimum absolute atomic E-state index is 0.0557. The zero-order valence-electron chi connectivity index (χ0n) is 12.6. The van der Waals surface area contributed by atoms with Gasteiger partial charge in [-0.25, -0.2) is 0 Å². The molecule has 1 rings (SSSR count). The van der Waals surface area contributed by atoms with Gasteiger partial charge in [0, 0.05) is 17.6 Å². The maximum atomic E-state index is 12.6. The number of anilines is 1. The second-order valence-corrected chi connectivity index (χ2v) is 5.83. The van der Waals surface area contributed by atoms with Crippen molar-refractivity contribution in [1.29, 1.82) is 0 Å². The number of rotatable bonds is 5. The van der Waals surface area contributed by atoms with Crippen LogP contribution in [0.15, 0.2) is 24.3 Å². The minimum atomic E-state index is -0.898. The Morgan fingerprint density at radius 2 is 1.80 bits per heavy atom. The molecule has 0 aromatic heterocycles. The van der Waals surface area contributed by atoms with Gasteiger partial charge in [0.25, 0.3) is 0 Å². The summed E-state index contributed by atoms with van der Waals surface area (Å²) in [4.78, 5) is 25.0. The Morgan fingerprint density at radius 1 is 1.20 bits per heavy atom. The van der Waals surface area contributed by atoms with Crippen LogP contribution in [0.25, 0.3) is 0 Å². The third kappa shape index (κ3) is 4.08. The van der Waals surface area contributed by atoms with Gasteiger partial charge < -0.3 is 10.0 Å². The van der Waals surface area contributed by atoms with Gasteiger partial charge in [0.15, 0.2) is 0 Å². The number of para-hydroxylation sites is 1. The minimum Gasteiger partial charge on any atom is -0.481 e. The lowest BCUT2D eigenvalue weighted by atomic mass is 9.93. The number of benzene rings is 1. The zero-order chi connectivity index (χ0) is 15.3. The first-order chi connectivity index (χ1) is 9.27. The Kier molecular flexibility index (Phi) is 5.31. The predicted octanol–water partition coefficient (Wildman–Crippen LogP) is 3.10. The fourth-order valence-electron chi connectivity index (χ4n) is 2.02. The maximum absolute atomic E-state index is 12.6. The van der Waals surface area contributed by atoms with Crippen molar-refractivity contribution in [2.24, 2.45) is 5.41 Å². The summed E-state index contributed by atoms with van der Waals surface area (Å²) < 4.78 is 0. The molecule has 1 amide bonds. The third-order valence-corrected chi connectivity index (χ3v) is 3.10. The molecule has 1 aromatic rings. The molecule has 0 atom stereocenters. The van der Waals surface area contributed by atoms with Gasteiger partial charge in [-0.05, 0) is 18.1 Å². The lowest BCUT2D eigenvalue weighted by Crippen LogP contribution is -2.41. The molecule has 0 saturated heterocycles. The monoisotopic (exact) mass is 277 g/mol. The van der Waals surface area contributed by atoms with Crippen LogP contribution < -0.4 is 4.90 Å². The van der Waals surface area contributed by atoms with Gasteiger partial charge in [-0.3, -0.25) is 9.59 Å². The van der Waals surface area contributed by atoms with E-state index in [0.717, 1.165) is 17.7 Å². The molecule has 4 nitrogen and oxygen atoms in total. The number of hydrogen-bond donors (Lipinski definition) is 1. The number of aryl methyl sites for hydroxylation is 1. The molecular formula is C16H23NO3. The van der Waals surface area contributed by atoms with Gasteiger partial charge >= 0.3 is 5.97 Å². The molecule has 4 heteroatoms. The Morgan fingerprint density at radius 3 is 2.30 bits per heavy atom. The highest BCUT2D eigenvalue weighted by atomic mass is 16.4. The van der Waals surface area contributed by atoms with Gasteiger partial charge in [0.2, 0.25) is 5.91 Å². The second kappa shape index (κ2) is 6.55. The molecular weight excluding hydrogens is 254 g/mol. The van der Waals surface area contributed by atoms with Gasteiger partial charge in [-0.1, -0.05) is 45.9 Å². The first kappa shape index (κ1) is 16.2. The lowest BCUT2D eigenvalue weighted by molar-refractivity contribution is -0.136. The van der Waals surface area contributed by atoms with Crippen LogP contribution in [-0.2, 0) is 16.0 Å². The van der Waals surface area contributed by atoms with E-state index in [1.807, 2.05) is 52.0 Å². The number of carboxylic acids is 1. The second-order valence-electron chi connectivity index (χ2n) is 5.83. The van der Waals surface area contributed by atoms with Crippen molar-refractivity contribution in [2.45, 2.75) is 40.5 Å². The van der Waals surface area contributed by atoms with Crippen molar-refractivity contribution in [3.05, 3.63) is 29.8 Å². The molecule has 0 spiro atoms. The van der Waals surface area contributed by atoms with Crippen LogP contribution in [0.3, 0.4) is 0 Å². The topological polar surface area (TPSA) is 57.6 Å². The number of carbonyl (C=O) groups is 2. The molecule has 110 valence electrons. The summed E-state index contributed by atoms with van der Waals surface area (Å²) in [7, 11) is 0. The lowest BCUT2D eigenvalue weighted by Gasteiger charge is -2.30. The molecule has 0 saturated carbocycles.